The Morgan fingerprint density at radius 1 is 1.25 bits per heavy atom. The van der Waals surface area contributed by atoms with E-state index in [2.05, 4.69) is 12.2 Å². The third-order valence-corrected chi connectivity index (χ3v) is 2.79. The van der Waals surface area contributed by atoms with Crippen molar-refractivity contribution in [1.82, 2.24) is 5.32 Å². The number of unbranched alkanes of at least 4 members (excludes halogenated alkanes) is 1. The number of benzene rings is 1. The highest BCUT2D eigenvalue weighted by Crippen LogP contribution is 2.16. The molecular weight excluding hydrogens is 225 g/mol. The highest BCUT2D eigenvalue weighted by molar-refractivity contribution is 6.30. The predicted molar refractivity (Wildman–Crippen MR) is 67.5 cm³/mol. The molecule has 0 atom stereocenters. The fraction of sp³-hybridized carbons (Fsp3) is 0.538. The van der Waals surface area contributed by atoms with Crippen molar-refractivity contribution in [1.29, 1.82) is 0 Å². The molecule has 1 nitrogen and oxygen atoms in total. The van der Waals surface area contributed by atoms with Gasteiger partial charge in [0, 0.05) is 0 Å². The van der Waals surface area contributed by atoms with Crippen LogP contribution in [-0.4, -0.2) is 13.1 Å². The Labute approximate surface area is 102 Å². The predicted octanol–water partition coefficient (Wildman–Crippen LogP) is 3.80. The number of halogens is 2. The van der Waals surface area contributed by atoms with Crippen LogP contribution >= 0.6 is 11.6 Å². The molecule has 3 heteroatoms. The van der Waals surface area contributed by atoms with Gasteiger partial charge in [-0.1, -0.05) is 24.6 Å². The maximum Gasteiger partial charge on any atom is 0.142 e. The molecule has 0 aliphatic heterocycles. The van der Waals surface area contributed by atoms with Crippen molar-refractivity contribution in [3.63, 3.8) is 0 Å². The summed E-state index contributed by atoms with van der Waals surface area (Å²) in [4.78, 5) is 0. The summed E-state index contributed by atoms with van der Waals surface area (Å²) >= 11 is 5.61. The Bertz CT molecular complexity index is 315. The fourth-order valence-electron chi connectivity index (χ4n) is 1.58. The zero-order valence-corrected chi connectivity index (χ0v) is 10.5. The quantitative estimate of drug-likeness (QED) is 0.719. The first-order chi connectivity index (χ1) is 7.74. The van der Waals surface area contributed by atoms with Gasteiger partial charge in [-0.2, -0.15) is 0 Å². The van der Waals surface area contributed by atoms with Crippen molar-refractivity contribution in [2.24, 2.45) is 0 Å². The topological polar surface area (TPSA) is 12.0 Å². The van der Waals surface area contributed by atoms with Gasteiger partial charge in [-0.25, -0.2) is 4.39 Å². The maximum atomic E-state index is 13.1. The molecule has 0 aliphatic carbocycles. The van der Waals surface area contributed by atoms with Gasteiger partial charge < -0.3 is 5.32 Å². The lowest BCUT2D eigenvalue weighted by atomic mass is 10.1. The van der Waals surface area contributed by atoms with Crippen LogP contribution in [0.15, 0.2) is 18.2 Å². The summed E-state index contributed by atoms with van der Waals surface area (Å²) in [6.07, 6.45) is 4.30. The van der Waals surface area contributed by atoms with E-state index in [0.717, 1.165) is 37.9 Å². The van der Waals surface area contributed by atoms with Gasteiger partial charge in [0.2, 0.25) is 0 Å². The minimum absolute atomic E-state index is 0.202. The van der Waals surface area contributed by atoms with Gasteiger partial charge >= 0.3 is 0 Å². The highest BCUT2D eigenvalue weighted by Gasteiger charge is 2.00. The van der Waals surface area contributed by atoms with Crippen molar-refractivity contribution >= 4 is 11.6 Å². The second-order valence-electron chi connectivity index (χ2n) is 3.96. The van der Waals surface area contributed by atoms with Gasteiger partial charge in [-0.3, -0.25) is 0 Å². The van der Waals surface area contributed by atoms with E-state index in [1.807, 2.05) is 6.07 Å². The largest absolute Gasteiger partial charge is 0.317 e. The molecule has 1 N–H and O–H groups in total. The molecule has 0 aliphatic rings. The molecule has 90 valence electrons. The molecular formula is C13H19ClFN. The molecule has 1 aromatic carbocycles. The SMILES string of the molecule is CCCNCCCCc1ccc(Cl)c(F)c1. The van der Waals surface area contributed by atoms with E-state index in [-0.39, 0.29) is 10.8 Å². The summed E-state index contributed by atoms with van der Waals surface area (Å²) in [6.45, 7) is 4.28. The molecule has 0 fully saturated rings. The van der Waals surface area contributed by atoms with Crippen LogP contribution in [0, 0.1) is 5.82 Å². The Hall–Kier alpha value is -0.600. The monoisotopic (exact) mass is 243 g/mol. The van der Waals surface area contributed by atoms with Crippen molar-refractivity contribution in [2.75, 3.05) is 13.1 Å². The molecule has 1 rings (SSSR count). The van der Waals surface area contributed by atoms with Gasteiger partial charge in [-0.05, 0) is 56.5 Å². The summed E-state index contributed by atoms with van der Waals surface area (Å²) < 4.78 is 13.1. The Kier molecular flexibility index (Phi) is 6.43. The van der Waals surface area contributed by atoms with E-state index in [0.29, 0.717) is 0 Å². The van der Waals surface area contributed by atoms with E-state index in [9.17, 15) is 4.39 Å². The lowest BCUT2D eigenvalue weighted by molar-refractivity contribution is 0.609. The van der Waals surface area contributed by atoms with Crippen molar-refractivity contribution < 1.29 is 4.39 Å². The first-order valence-corrected chi connectivity index (χ1v) is 6.26. The average Bonchev–Trinajstić information content (AvgIpc) is 2.28. The minimum Gasteiger partial charge on any atom is -0.317 e. The van der Waals surface area contributed by atoms with E-state index < -0.39 is 0 Å². The Morgan fingerprint density at radius 2 is 2.06 bits per heavy atom. The van der Waals surface area contributed by atoms with E-state index >= 15 is 0 Å². The first kappa shape index (κ1) is 13.5. The van der Waals surface area contributed by atoms with E-state index in [1.54, 1.807) is 6.07 Å². The molecule has 0 aromatic heterocycles. The van der Waals surface area contributed by atoms with Gasteiger partial charge in [0.25, 0.3) is 0 Å². The van der Waals surface area contributed by atoms with Crippen LogP contribution in [0.3, 0.4) is 0 Å². The number of hydrogen-bond donors (Lipinski definition) is 1. The molecule has 0 amide bonds. The molecule has 16 heavy (non-hydrogen) atoms. The Balaban J connectivity index is 2.19. The van der Waals surface area contributed by atoms with Crippen molar-refractivity contribution in [3.8, 4) is 0 Å². The van der Waals surface area contributed by atoms with Crippen LogP contribution in [0.2, 0.25) is 5.02 Å². The van der Waals surface area contributed by atoms with Crippen LogP contribution < -0.4 is 5.32 Å². The molecule has 0 heterocycles. The second-order valence-corrected chi connectivity index (χ2v) is 4.36. The molecule has 0 bridgehead atoms. The molecule has 0 unspecified atom stereocenters. The van der Waals surface area contributed by atoms with Gasteiger partial charge in [0.15, 0.2) is 0 Å². The molecule has 1 aromatic rings. The molecule has 0 radical (unpaired) electrons. The fourth-order valence-corrected chi connectivity index (χ4v) is 1.69. The average molecular weight is 244 g/mol. The minimum atomic E-state index is -0.316. The van der Waals surface area contributed by atoms with Crippen LogP contribution in [0.25, 0.3) is 0 Å². The van der Waals surface area contributed by atoms with E-state index in [1.165, 1.54) is 12.5 Å². The highest BCUT2D eigenvalue weighted by atomic mass is 35.5. The molecule has 0 saturated heterocycles. The summed E-state index contributed by atoms with van der Waals surface area (Å²) in [7, 11) is 0. The first-order valence-electron chi connectivity index (χ1n) is 5.88. The standard InChI is InChI=1S/C13H19ClFN/c1-2-8-16-9-4-3-5-11-6-7-12(14)13(15)10-11/h6-7,10,16H,2-5,8-9H2,1H3. The summed E-state index contributed by atoms with van der Waals surface area (Å²) in [5, 5.41) is 3.55. The van der Waals surface area contributed by atoms with E-state index in [4.69, 9.17) is 11.6 Å². The Morgan fingerprint density at radius 3 is 2.75 bits per heavy atom. The van der Waals surface area contributed by atoms with Crippen molar-refractivity contribution in [3.05, 3.63) is 34.6 Å². The molecule has 0 spiro atoms. The zero-order valence-electron chi connectivity index (χ0n) is 9.73. The number of hydrogen-bond acceptors (Lipinski definition) is 1. The number of aryl methyl sites for hydroxylation is 1. The summed E-state index contributed by atoms with van der Waals surface area (Å²) in [5.41, 5.74) is 1.03. The van der Waals surface area contributed by atoms with Gasteiger partial charge in [0.05, 0.1) is 5.02 Å². The maximum absolute atomic E-state index is 13.1. The third kappa shape index (κ3) is 4.95. The zero-order chi connectivity index (χ0) is 11.8. The van der Waals surface area contributed by atoms with Crippen LogP contribution in [0.4, 0.5) is 4.39 Å². The smallest absolute Gasteiger partial charge is 0.142 e. The number of nitrogens with one attached hydrogen (secondary N) is 1. The normalized spacial score (nSPS) is 10.7. The third-order valence-electron chi connectivity index (χ3n) is 2.48. The van der Waals surface area contributed by atoms with Crippen LogP contribution in [0.1, 0.15) is 31.7 Å². The number of rotatable bonds is 7. The van der Waals surface area contributed by atoms with Crippen molar-refractivity contribution in [2.45, 2.75) is 32.6 Å². The van der Waals surface area contributed by atoms with Gasteiger partial charge in [0.1, 0.15) is 5.82 Å². The lowest BCUT2D eigenvalue weighted by Gasteiger charge is -2.04. The van der Waals surface area contributed by atoms with Gasteiger partial charge in [-0.15, -0.1) is 0 Å². The summed E-state index contributed by atoms with van der Waals surface area (Å²) in [6, 6.07) is 5.05. The summed E-state index contributed by atoms with van der Waals surface area (Å²) in [5.74, 6) is -0.316. The second kappa shape index (κ2) is 7.64. The van der Waals surface area contributed by atoms with Crippen LogP contribution in [-0.2, 0) is 6.42 Å². The lowest BCUT2D eigenvalue weighted by Crippen LogP contribution is -2.15. The molecule has 0 saturated carbocycles. The van der Waals surface area contributed by atoms with Crippen LogP contribution in [0.5, 0.6) is 0 Å².